The van der Waals surface area contributed by atoms with Crippen LogP contribution in [0, 0.1) is 6.92 Å². The van der Waals surface area contributed by atoms with Gasteiger partial charge in [0.1, 0.15) is 12.4 Å². The van der Waals surface area contributed by atoms with Gasteiger partial charge in [0.2, 0.25) is 0 Å². The lowest BCUT2D eigenvalue weighted by molar-refractivity contribution is 0.102. The van der Waals surface area contributed by atoms with Crippen LogP contribution in [-0.2, 0) is 6.61 Å². The first-order chi connectivity index (χ1) is 13.2. The van der Waals surface area contributed by atoms with Crippen LogP contribution in [0.3, 0.4) is 0 Å². The third kappa shape index (κ3) is 5.04. The number of carbonyl (C=O) groups is 1. The summed E-state index contributed by atoms with van der Waals surface area (Å²) in [5.74, 6) is 1.35. The molecule has 6 nitrogen and oxygen atoms in total. The minimum absolute atomic E-state index is 0.257. The highest BCUT2D eigenvalue weighted by molar-refractivity contribution is 6.04. The highest BCUT2D eigenvalue weighted by Crippen LogP contribution is 2.29. The second-order valence-corrected chi connectivity index (χ2v) is 5.92. The number of carbonyl (C=O) groups excluding carboxylic acids is 1. The first-order valence-electron chi connectivity index (χ1n) is 8.68. The van der Waals surface area contributed by atoms with Crippen molar-refractivity contribution >= 4 is 11.7 Å². The predicted octanol–water partition coefficient (Wildman–Crippen LogP) is 4.02. The topological polar surface area (TPSA) is 73.3 Å². The molecule has 2 heterocycles. The van der Waals surface area contributed by atoms with E-state index in [0.29, 0.717) is 36.1 Å². The summed E-state index contributed by atoms with van der Waals surface area (Å²) in [6.45, 7) is 4.66. The van der Waals surface area contributed by atoms with Gasteiger partial charge in [-0.05, 0) is 55.8 Å². The number of aryl methyl sites for hydroxylation is 1. The molecule has 27 heavy (non-hydrogen) atoms. The first-order valence-corrected chi connectivity index (χ1v) is 8.68. The van der Waals surface area contributed by atoms with Gasteiger partial charge in [0.25, 0.3) is 5.91 Å². The molecule has 0 aliphatic heterocycles. The summed E-state index contributed by atoms with van der Waals surface area (Å²) < 4.78 is 11.5. The van der Waals surface area contributed by atoms with Crippen molar-refractivity contribution in [1.82, 2.24) is 9.97 Å². The summed E-state index contributed by atoms with van der Waals surface area (Å²) in [6, 6.07) is 12.6. The Labute approximate surface area is 158 Å². The molecule has 1 N–H and O–H groups in total. The average Bonchev–Trinajstić information content (AvgIpc) is 2.68. The lowest BCUT2D eigenvalue weighted by atomic mass is 10.2. The quantitative estimate of drug-likeness (QED) is 0.686. The number of ether oxygens (including phenoxy) is 2. The van der Waals surface area contributed by atoms with Crippen LogP contribution in [-0.4, -0.2) is 22.5 Å². The van der Waals surface area contributed by atoms with E-state index in [9.17, 15) is 4.79 Å². The number of anilines is 1. The molecule has 0 bridgehead atoms. The van der Waals surface area contributed by atoms with E-state index < -0.39 is 0 Å². The number of nitrogens with zero attached hydrogens (tertiary/aromatic N) is 2. The normalized spacial score (nSPS) is 10.3. The summed E-state index contributed by atoms with van der Waals surface area (Å²) in [5.41, 5.74) is 2.44. The fourth-order valence-corrected chi connectivity index (χ4v) is 2.47. The molecule has 0 atom stereocenters. The van der Waals surface area contributed by atoms with Gasteiger partial charge in [-0.15, -0.1) is 0 Å². The Morgan fingerprint density at radius 2 is 1.96 bits per heavy atom. The highest BCUT2D eigenvalue weighted by atomic mass is 16.5. The smallest absolute Gasteiger partial charge is 0.256 e. The van der Waals surface area contributed by atoms with Gasteiger partial charge in [0, 0.05) is 29.7 Å². The van der Waals surface area contributed by atoms with Gasteiger partial charge in [-0.25, -0.2) is 4.98 Å². The van der Waals surface area contributed by atoms with Crippen LogP contribution < -0.4 is 14.8 Å². The Morgan fingerprint density at radius 3 is 2.70 bits per heavy atom. The molecule has 2 aromatic heterocycles. The number of rotatable bonds is 7. The third-order valence-electron chi connectivity index (χ3n) is 3.78. The van der Waals surface area contributed by atoms with E-state index in [0.717, 1.165) is 11.1 Å². The van der Waals surface area contributed by atoms with Crippen LogP contribution in [0.1, 0.15) is 28.4 Å². The summed E-state index contributed by atoms with van der Waals surface area (Å²) in [4.78, 5) is 20.7. The second-order valence-electron chi connectivity index (χ2n) is 5.92. The van der Waals surface area contributed by atoms with Gasteiger partial charge in [0.15, 0.2) is 11.5 Å². The molecule has 3 aromatic rings. The predicted molar refractivity (Wildman–Crippen MR) is 103 cm³/mol. The number of hydrogen-bond acceptors (Lipinski definition) is 5. The number of pyridine rings is 2. The average molecular weight is 363 g/mol. The molecule has 0 radical (unpaired) electrons. The molecular formula is C21H21N3O3. The van der Waals surface area contributed by atoms with Crippen molar-refractivity contribution in [3.8, 4) is 11.5 Å². The minimum Gasteiger partial charge on any atom is -0.490 e. The van der Waals surface area contributed by atoms with Crippen molar-refractivity contribution in [2.24, 2.45) is 0 Å². The van der Waals surface area contributed by atoms with Gasteiger partial charge in [-0.2, -0.15) is 0 Å². The minimum atomic E-state index is -0.257. The van der Waals surface area contributed by atoms with E-state index in [4.69, 9.17) is 9.47 Å². The van der Waals surface area contributed by atoms with Crippen molar-refractivity contribution in [1.29, 1.82) is 0 Å². The molecule has 6 heteroatoms. The van der Waals surface area contributed by atoms with E-state index in [-0.39, 0.29) is 5.91 Å². The number of hydrogen-bond donors (Lipinski definition) is 1. The molecule has 3 rings (SSSR count). The fourth-order valence-electron chi connectivity index (χ4n) is 2.47. The van der Waals surface area contributed by atoms with Crippen molar-refractivity contribution in [3.63, 3.8) is 0 Å². The lowest BCUT2D eigenvalue weighted by Crippen LogP contribution is -2.13. The Bertz CT molecular complexity index is 914. The monoisotopic (exact) mass is 363 g/mol. The van der Waals surface area contributed by atoms with Crippen molar-refractivity contribution in [3.05, 3.63) is 77.7 Å². The molecule has 0 aliphatic carbocycles. The molecule has 1 aromatic carbocycles. The van der Waals surface area contributed by atoms with Crippen molar-refractivity contribution in [2.45, 2.75) is 20.5 Å². The van der Waals surface area contributed by atoms with E-state index in [2.05, 4.69) is 15.3 Å². The van der Waals surface area contributed by atoms with E-state index >= 15 is 0 Å². The maximum atomic E-state index is 12.5. The third-order valence-corrected chi connectivity index (χ3v) is 3.78. The van der Waals surface area contributed by atoms with Crippen molar-refractivity contribution < 1.29 is 14.3 Å². The molecule has 0 spiro atoms. The Hall–Kier alpha value is -3.41. The van der Waals surface area contributed by atoms with Gasteiger partial charge >= 0.3 is 0 Å². The van der Waals surface area contributed by atoms with Gasteiger partial charge in [-0.3, -0.25) is 9.78 Å². The summed E-state index contributed by atoms with van der Waals surface area (Å²) in [5, 5.41) is 2.79. The van der Waals surface area contributed by atoms with Gasteiger partial charge in [0.05, 0.1) is 6.61 Å². The van der Waals surface area contributed by atoms with Crippen LogP contribution in [0.5, 0.6) is 11.5 Å². The van der Waals surface area contributed by atoms with Crippen LogP contribution in [0.4, 0.5) is 5.82 Å². The van der Waals surface area contributed by atoms with E-state index in [1.54, 1.807) is 36.8 Å². The number of aromatic nitrogens is 2. The van der Waals surface area contributed by atoms with E-state index in [1.165, 1.54) is 0 Å². The zero-order valence-corrected chi connectivity index (χ0v) is 15.3. The molecular weight excluding hydrogens is 342 g/mol. The van der Waals surface area contributed by atoms with Gasteiger partial charge in [-0.1, -0.05) is 6.07 Å². The Balaban J connectivity index is 1.75. The maximum absolute atomic E-state index is 12.5. The largest absolute Gasteiger partial charge is 0.490 e. The second kappa shape index (κ2) is 8.80. The first kappa shape index (κ1) is 18.4. The summed E-state index contributed by atoms with van der Waals surface area (Å²) in [6.07, 6.45) is 5.12. The molecule has 1 amide bonds. The van der Waals surface area contributed by atoms with Crippen LogP contribution in [0.25, 0.3) is 0 Å². The number of benzene rings is 1. The standard InChI is InChI=1S/C21H21N3O3/c1-3-26-19-12-17(21(25)24-20-11-15(2)8-10-23-20)6-7-18(19)27-14-16-5-4-9-22-13-16/h4-13H,3,14H2,1-2H3,(H,23,24,25). The van der Waals surface area contributed by atoms with Crippen LogP contribution in [0.15, 0.2) is 61.1 Å². The molecule has 0 saturated heterocycles. The highest BCUT2D eigenvalue weighted by Gasteiger charge is 2.13. The maximum Gasteiger partial charge on any atom is 0.256 e. The fraction of sp³-hybridized carbons (Fsp3) is 0.190. The zero-order valence-electron chi connectivity index (χ0n) is 15.3. The van der Waals surface area contributed by atoms with Crippen LogP contribution in [0.2, 0.25) is 0 Å². The molecule has 0 fully saturated rings. The van der Waals surface area contributed by atoms with Gasteiger partial charge < -0.3 is 14.8 Å². The van der Waals surface area contributed by atoms with E-state index in [1.807, 2.05) is 38.1 Å². The van der Waals surface area contributed by atoms with Crippen molar-refractivity contribution in [2.75, 3.05) is 11.9 Å². The molecule has 0 unspecified atom stereocenters. The molecule has 0 saturated carbocycles. The van der Waals surface area contributed by atoms with Crippen LogP contribution >= 0.6 is 0 Å². The molecule has 0 aliphatic rings. The zero-order chi connectivity index (χ0) is 19.1. The number of nitrogens with one attached hydrogen (secondary N) is 1. The number of amides is 1. The Morgan fingerprint density at radius 1 is 1.07 bits per heavy atom. The SMILES string of the molecule is CCOc1cc(C(=O)Nc2cc(C)ccn2)ccc1OCc1cccnc1. The summed E-state index contributed by atoms with van der Waals surface area (Å²) >= 11 is 0. The molecule has 138 valence electrons. The Kier molecular flexibility index (Phi) is 5.99. The lowest BCUT2D eigenvalue weighted by Gasteiger charge is -2.13. The summed E-state index contributed by atoms with van der Waals surface area (Å²) in [7, 11) is 0.